The highest BCUT2D eigenvalue weighted by Gasteiger charge is 2.30. The van der Waals surface area contributed by atoms with Gasteiger partial charge in [0, 0.05) is 5.92 Å². The van der Waals surface area contributed by atoms with E-state index in [1.165, 1.54) is 28.4 Å². The molecule has 0 aliphatic heterocycles. The number of aromatic amines is 1. The summed E-state index contributed by atoms with van der Waals surface area (Å²) in [7, 11) is 0. The van der Waals surface area contributed by atoms with Crippen LogP contribution in [0.5, 0.6) is 0 Å². The summed E-state index contributed by atoms with van der Waals surface area (Å²) in [6.07, 6.45) is 4.58. The number of imidazole rings is 1. The van der Waals surface area contributed by atoms with E-state index >= 15 is 0 Å². The second-order valence-electron chi connectivity index (χ2n) is 6.37. The van der Waals surface area contributed by atoms with Gasteiger partial charge in [-0.2, -0.15) is 5.10 Å². The summed E-state index contributed by atoms with van der Waals surface area (Å²) >= 11 is 7.23. The highest BCUT2D eigenvalue weighted by molar-refractivity contribution is 7.22. The second kappa shape index (κ2) is 6.35. The van der Waals surface area contributed by atoms with E-state index in [1.54, 1.807) is 0 Å². The van der Waals surface area contributed by atoms with Crippen molar-refractivity contribution < 1.29 is 13.6 Å². The lowest BCUT2D eigenvalue weighted by Crippen LogP contribution is -2.12. The maximum absolute atomic E-state index is 14.4. The first kappa shape index (κ1) is 17.3. The lowest BCUT2D eigenvalue weighted by atomic mass is 10.1. The number of fused-ring (bicyclic) bond motifs is 1. The Morgan fingerprint density at radius 2 is 2.11 bits per heavy atom. The van der Waals surface area contributed by atoms with Crippen LogP contribution >= 0.6 is 22.9 Å². The van der Waals surface area contributed by atoms with Gasteiger partial charge >= 0.3 is 0 Å². The maximum Gasteiger partial charge on any atom is 0.229 e. The average molecular weight is 421 g/mol. The standard InChI is InChI=1S/C17H11ClF2N6OS/c18-12-9(20)4-3-8(19)11(12)10-5-21-6-26(10)15-13-14(24-25-15)22-17(28-13)23-16(27)7-1-2-7/h3-7H,1-2H2,(H2,22,23,24,25,27). The molecule has 3 aromatic heterocycles. The maximum atomic E-state index is 14.4. The molecule has 5 rings (SSSR count). The van der Waals surface area contributed by atoms with Crippen molar-refractivity contribution in [2.24, 2.45) is 5.92 Å². The van der Waals surface area contributed by atoms with Crippen LogP contribution in [0.25, 0.3) is 27.4 Å². The van der Waals surface area contributed by atoms with E-state index in [1.807, 2.05) is 0 Å². The number of nitrogens with zero attached hydrogens (tertiary/aromatic N) is 4. The van der Waals surface area contributed by atoms with Crippen LogP contribution in [0.3, 0.4) is 0 Å². The van der Waals surface area contributed by atoms with Crippen LogP contribution in [0.1, 0.15) is 12.8 Å². The minimum absolute atomic E-state index is 0.0529. The molecule has 0 bridgehead atoms. The van der Waals surface area contributed by atoms with Crippen LogP contribution < -0.4 is 5.32 Å². The monoisotopic (exact) mass is 420 g/mol. The van der Waals surface area contributed by atoms with Gasteiger partial charge in [0.25, 0.3) is 0 Å². The fourth-order valence-electron chi connectivity index (χ4n) is 2.88. The van der Waals surface area contributed by atoms with Gasteiger partial charge in [0.05, 0.1) is 22.5 Å². The Hall–Kier alpha value is -2.85. The third-order valence-electron chi connectivity index (χ3n) is 4.44. The molecule has 1 aliphatic rings. The Bertz CT molecular complexity index is 1230. The first-order valence-corrected chi connectivity index (χ1v) is 9.54. The number of carbonyl (C=O) groups excluding carboxylic acids is 1. The summed E-state index contributed by atoms with van der Waals surface area (Å²) in [4.78, 5) is 20.3. The average Bonchev–Trinajstić information content (AvgIpc) is 3.12. The van der Waals surface area contributed by atoms with Crippen molar-refractivity contribution in [3.63, 3.8) is 0 Å². The molecule has 1 saturated carbocycles. The van der Waals surface area contributed by atoms with Gasteiger partial charge in [-0.3, -0.25) is 14.5 Å². The zero-order chi connectivity index (χ0) is 19.4. The summed E-state index contributed by atoms with van der Waals surface area (Å²) in [5, 5.41) is 9.88. The third kappa shape index (κ3) is 2.76. The number of rotatable bonds is 4. The van der Waals surface area contributed by atoms with Crippen molar-refractivity contribution >= 4 is 44.3 Å². The Balaban J connectivity index is 1.59. The van der Waals surface area contributed by atoms with Gasteiger partial charge in [0.2, 0.25) is 5.91 Å². The molecule has 2 N–H and O–H groups in total. The number of nitrogens with one attached hydrogen (secondary N) is 2. The molecular formula is C17H11ClF2N6OS. The van der Waals surface area contributed by atoms with Crippen molar-refractivity contribution in [1.82, 2.24) is 24.7 Å². The molecule has 142 valence electrons. The molecule has 3 heterocycles. The summed E-state index contributed by atoms with van der Waals surface area (Å²) in [5.41, 5.74) is 0.603. The number of aromatic nitrogens is 5. The van der Waals surface area contributed by atoms with Crippen molar-refractivity contribution in [3.8, 4) is 17.1 Å². The predicted molar refractivity (Wildman–Crippen MR) is 101 cm³/mol. The fraction of sp³-hybridized carbons (Fsp3) is 0.176. The largest absolute Gasteiger partial charge is 0.302 e. The quantitative estimate of drug-likeness (QED) is 0.485. The molecule has 1 fully saturated rings. The van der Waals surface area contributed by atoms with E-state index in [9.17, 15) is 13.6 Å². The molecule has 11 heteroatoms. The number of anilines is 1. The van der Waals surface area contributed by atoms with Gasteiger partial charge < -0.3 is 5.32 Å². The molecule has 1 aliphatic carbocycles. The second-order valence-corrected chi connectivity index (χ2v) is 7.75. The van der Waals surface area contributed by atoms with Crippen LogP contribution in [0, 0.1) is 17.6 Å². The lowest BCUT2D eigenvalue weighted by molar-refractivity contribution is -0.117. The number of carbonyl (C=O) groups is 1. The van der Waals surface area contributed by atoms with Crippen LogP contribution in [0.2, 0.25) is 5.02 Å². The van der Waals surface area contributed by atoms with Gasteiger partial charge in [-0.1, -0.05) is 22.9 Å². The SMILES string of the molecule is O=C(Nc1nc2[nH]nc(-n3cncc3-c3c(F)ccc(F)c3Cl)c2s1)C1CC1. The van der Waals surface area contributed by atoms with Crippen molar-refractivity contribution in [3.05, 3.63) is 41.3 Å². The summed E-state index contributed by atoms with van der Waals surface area (Å²) in [5.74, 6) is -1.02. The van der Waals surface area contributed by atoms with Crippen LogP contribution in [0.4, 0.5) is 13.9 Å². The van der Waals surface area contributed by atoms with Crippen molar-refractivity contribution in [1.29, 1.82) is 0 Å². The Morgan fingerprint density at radius 3 is 2.89 bits per heavy atom. The van der Waals surface area contributed by atoms with E-state index in [0.717, 1.165) is 25.0 Å². The third-order valence-corrected chi connectivity index (χ3v) is 5.78. The Morgan fingerprint density at radius 1 is 1.32 bits per heavy atom. The fourth-order valence-corrected chi connectivity index (χ4v) is 4.04. The van der Waals surface area contributed by atoms with E-state index in [-0.39, 0.29) is 28.1 Å². The topological polar surface area (TPSA) is 88.5 Å². The van der Waals surface area contributed by atoms with Crippen LogP contribution in [0.15, 0.2) is 24.7 Å². The van der Waals surface area contributed by atoms with Crippen molar-refractivity contribution in [2.75, 3.05) is 5.32 Å². The zero-order valence-corrected chi connectivity index (χ0v) is 15.6. The first-order valence-electron chi connectivity index (χ1n) is 8.35. The molecule has 0 atom stereocenters. The molecule has 0 radical (unpaired) electrons. The van der Waals surface area contributed by atoms with E-state index in [4.69, 9.17) is 11.6 Å². The van der Waals surface area contributed by atoms with Crippen LogP contribution in [-0.4, -0.2) is 30.6 Å². The number of H-pyrrole nitrogens is 1. The molecular weight excluding hydrogens is 410 g/mol. The Labute approximate surface area is 165 Å². The van der Waals surface area contributed by atoms with Gasteiger partial charge in [-0.25, -0.2) is 18.7 Å². The molecule has 0 saturated heterocycles. The zero-order valence-electron chi connectivity index (χ0n) is 14.0. The van der Waals surface area contributed by atoms with Gasteiger partial charge in [-0.05, 0) is 25.0 Å². The molecule has 7 nitrogen and oxygen atoms in total. The highest BCUT2D eigenvalue weighted by Crippen LogP contribution is 2.37. The molecule has 0 unspecified atom stereocenters. The number of amides is 1. The summed E-state index contributed by atoms with van der Waals surface area (Å²) in [6.45, 7) is 0. The molecule has 1 aromatic carbocycles. The molecule has 28 heavy (non-hydrogen) atoms. The van der Waals surface area contributed by atoms with Gasteiger partial charge in [0.1, 0.15) is 22.7 Å². The number of benzene rings is 1. The molecule has 4 aromatic rings. The molecule has 1 amide bonds. The predicted octanol–water partition coefficient (Wildman–Crippen LogP) is 4.15. The van der Waals surface area contributed by atoms with Crippen molar-refractivity contribution in [2.45, 2.75) is 12.8 Å². The summed E-state index contributed by atoms with van der Waals surface area (Å²) < 4.78 is 30.4. The highest BCUT2D eigenvalue weighted by atomic mass is 35.5. The number of hydrogen-bond donors (Lipinski definition) is 2. The van der Waals surface area contributed by atoms with Crippen LogP contribution in [-0.2, 0) is 4.79 Å². The van der Waals surface area contributed by atoms with Gasteiger partial charge in [-0.15, -0.1) is 0 Å². The van der Waals surface area contributed by atoms with E-state index in [2.05, 4.69) is 25.5 Å². The first-order chi connectivity index (χ1) is 13.5. The number of thiazole rings is 1. The number of hydrogen-bond acceptors (Lipinski definition) is 5. The minimum Gasteiger partial charge on any atom is -0.302 e. The Kier molecular flexibility index (Phi) is 3.91. The normalized spacial score (nSPS) is 14.0. The van der Waals surface area contributed by atoms with E-state index < -0.39 is 11.6 Å². The smallest absolute Gasteiger partial charge is 0.229 e. The lowest BCUT2D eigenvalue weighted by Gasteiger charge is -2.09. The number of halogens is 3. The van der Waals surface area contributed by atoms with E-state index in [0.29, 0.717) is 21.3 Å². The van der Waals surface area contributed by atoms with Gasteiger partial charge in [0.15, 0.2) is 16.6 Å². The minimum atomic E-state index is -0.735. The summed E-state index contributed by atoms with van der Waals surface area (Å²) in [6, 6.07) is 1.97. The molecule has 0 spiro atoms.